The molecule has 2 N–H and O–H groups in total. The number of rotatable bonds is 5. The topological polar surface area (TPSA) is 35.2 Å². The van der Waals surface area contributed by atoms with E-state index in [2.05, 4.69) is 19.1 Å². The van der Waals surface area contributed by atoms with Gasteiger partial charge in [-0.25, -0.2) is 0 Å². The van der Waals surface area contributed by atoms with E-state index in [0.29, 0.717) is 0 Å². The number of hydrogen-bond acceptors (Lipinski definition) is 2. The summed E-state index contributed by atoms with van der Waals surface area (Å²) in [7, 11) is 1.70. The van der Waals surface area contributed by atoms with Crippen LogP contribution in [0.4, 0.5) is 0 Å². The molecule has 1 atom stereocenters. The Bertz CT molecular complexity index is 383. The average Bonchev–Trinajstić information content (AvgIpc) is 2.88. The van der Waals surface area contributed by atoms with Crippen LogP contribution in [-0.2, 0) is 0 Å². The van der Waals surface area contributed by atoms with Gasteiger partial charge in [-0.05, 0) is 48.9 Å². The van der Waals surface area contributed by atoms with Crippen molar-refractivity contribution in [3.63, 3.8) is 0 Å². The lowest BCUT2D eigenvalue weighted by atomic mass is 9.93. The summed E-state index contributed by atoms with van der Waals surface area (Å²) in [6, 6.07) is 6.38. The summed E-state index contributed by atoms with van der Waals surface area (Å²) in [5, 5.41) is 0. The zero-order valence-corrected chi connectivity index (χ0v) is 11.6. The molecule has 0 bridgehead atoms. The van der Waals surface area contributed by atoms with E-state index in [9.17, 15) is 0 Å². The van der Waals surface area contributed by atoms with Crippen molar-refractivity contribution in [2.45, 2.75) is 51.5 Å². The van der Waals surface area contributed by atoms with Crippen molar-refractivity contribution in [2.75, 3.05) is 7.11 Å². The Kier molecular flexibility index (Phi) is 4.65. The summed E-state index contributed by atoms with van der Waals surface area (Å²) < 4.78 is 5.23. The molecule has 2 nitrogen and oxygen atoms in total. The van der Waals surface area contributed by atoms with Crippen LogP contribution in [0, 0.1) is 12.8 Å². The van der Waals surface area contributed by atoms with Crippen LogP contribution in [0.2, 0.25) is 0 Å². The molecule has 100 valence electrons. The van der Waals surface area contributed by atoms with E-state index in [1.165, 1.54) is 43.2 Å². The fourth-order valence-corrected chi connectivity index (χ4v) is 3.06. The highest BCUT2D eigenvalue weighted by molar-refractivity contribution is 5.36. The quantitative estimate of drug-likeness (QED) is 0.854. The molecule has 2 rings (SSSR count). The maximum Gasteiger partial charge on any atom is 0.119 e. The minimum atomic E-state index is 0.177. The smallest absolute Gasteiger partial charge is 0.119 e. The van der Waals surface area contributed by atoms with Crippen molar-refractivity contribution < 1.29 is 4.74 Å². The second-order valence-corrected chi connectivity index (χ2v) is 5.56. The van der Waals surface area contributed by atoms with E-state index < -0.39 is 0 Å². The van der Waals surface area contributed by atoms with Gasteiger partial charge in [0.2, 0.25) is 0 Å². The van der Waals surface area contributed by atoms with Gasteiger partial charge in [0.15, 0.2) is 0 Å². The van der Waals surface area contributed by atoms with Crippen LogP contribution < -0.4 is 10.5 Å². The first-order chi connectivity index (χ1) is 8.70. The molecule has 1 fully saturated rings. The first kappa shape index (κ1) is 13.4. The normalized spacial score (nSPS) is 17.9. The van der Waals surface area contributed by atoms with Crippen molar-refractivity contribution in [3.05, 3.63) is 29.3 Å². The van der Waals surface area contributed by atoms with Gasteiger partial charge in [0.25, 0.3) is 0 Å². The first-order valence-corrected chi connectivity index (χ1v) is 7.11. The van der Waals surface area contributed by atoms with E-state index in [1.54, 1.807) is 7.11 Å². The van der Waals surface area contributed by atoms with Crippen molar-refractivity contribution in [3.8, 4) is 5.75 Å². The van der Waals surface area contributed by atoms with Crippen molar-refractivity contribution in [1.82, 2.24) is 0 Å². The van der Waals surface area contributed by atoms with Gasteiger partial charge in [-0.3, -0.25) is 0 Å². The summed E-state index contributed by atoms with van der Waals surface area (Å²) in [5.41, 5.74) is 8.84. The number of hydrogen-bond donors (Lipinski definition) is 1. The van der Waals surface area contributed by atoms with Crippen LogP contribution in [0.15, 0.2) is 18.2 Å². The molecule has 18 heavy (non-hydrogen) atoms. The molecule has 1 unspecified atom stereocenters. The standard InChI is InChI=1S/C16H25NO/c1-12-11-14(18-2)8-9-15(12)16(17)10-7-13-5-3-4-6-13/h8-9,11,13,16H,3-7,10,17H2,1-2H3. The molecule has 0 spiro atoms. The Morgan fingerprint density at radius 1 is 1.33 bits per heavy atom. The zero-order chi connectivity index (χ0) is 13.0. The molecular weight excluding hydrogens is 222 g/mol. The van der Waals surface area contributed by atoms with E-state index in [4.69, 9.17) is 10.5 Å². The highest BCUT2D eigenvalue weighted by atomic mass is 16.5. The molecule has 2 heteroatoms. The van der Waals surface area contributed by atoms with Gasteiger partial charge >= 0.3 is 0 Å². The third kappa shape index (κ3) is 3.26. The van der Waals surface area contributed by atoms with E-state index >= 15 is 0 Å². The van der Waals surface area contributed by atoms with Crippen molar-refractivity contribution >= 4 is 0 Å². The molecule has 1 aliphatic carbocycles. The van der Waals surface area contributed by atoms with E-state index in [-0.39, 0.29) is 6.04 Å². The molecule has 1 aromatic carbocycles. The lowest BCUT2D eigenvalue weighted by Gasteiger charge is -2.17. The largest absolute Gasteiger partial charge is 0.497 e. The van der Waals surface area contributed by atoms with Gasteiger partial charge in [-0.1, -0.05) is 31.7 Å². The molecule has 1 saturated carbocycles. The number of nitrogens with two attached hydrogens (primary N) is 1. The Morgan fingerprint density at radius 3 is 2.67 bits per heavy atom. The summed E-state index contributed by atoms with van der Waals surface area (Å²) in [4.78, 5) is 0. The highest BCUT2D eigenvalue weighted by Crippen LogP contribution is 2.31. The third-order valence-electron chi connectivity index (χ3n) is 4.24. The van der Waals surface area contributed by atoms with Crippen molar-refractivity contribution in [1.29, 1.82) is 0 Å². The Labute approximate surface area is 111 Å². The predicted molar refractivity (Wildman–Crippen MR) is 75.9 cm³/mol. The van der Waals surface area contributed by atoms with Gasteiger partial charge in [-0.2, -0.15) is 0 Å². The lowest BCUT2D eigenvalue weighted by molar-refractivity contribution is 0.413. The number of benzene rings is 1. The van der Waals surface area contributed by atoms with Crippen LogP contribution >= 0.6 is 0 Å². The fourth-order valence-electron chi connectivity index (χ4n) is 3.06. The molecule has 0 aromatic heterocycles. The van der Waals surface area contributed by atoms with Crippen LogP contribution in [0.5, 0.6) is 5.75 Å². The summed E-state index contributed by atoms with van der Waals surface area (Å²) in [6.07, 6.45) is 8.05. The highest BCUT2D eigenvalue weighted by Gasteiger charge is 2.17. The van der Waals surface area contributed by atoms with E-state index in [1.807, 2.05) is 6.07 Å². The van der Waals surface area contributed by atoms with Crippen molar-refractivity contribution in [2.24, 2.45) is 11.7 Å². The maximum absolute atomic E-state index is 6.32. The summed E-state index contributed by atoms with van der Waals surface area (Å²) in [5.74, 6) is 1.84. The molecule has 1 aliphatic rings. The maximum atomic E-state index is 6.32. The van der Waals surface area contributed by atoms with Gasteiger partial charge < -0.3 is 10.5 Å². The second-order valence-electron chi connectivity index (χ2n) is 5.56. The number of ether oxygens (including phenoxy) is 1. The minimum Gasteiger partial charge on any atom is -0.497 e. The Morgan fingerprint density at radius 2 is 2.06 bits per heavy atom. The Hall–Kier alpha value is -1.02. The van der Waals surface area contributed by atoms with E-state index in [0.717, 1.165) is 18.1 Å². The van der Waals surface area contributed by atoms with Crippen LogP contribution in [0.1, 0.15) is 55.7 Å². The molecular formula is C16H25NO. The minimum absolute atomic E-state index is 0.177. The van der Waals surface area contributed by atoms with Gasteiger partial charge in [0.05, 0.1) is 7.11 Å². The first-order valence-electron chi connectivity index (χ1n) is 7.11. The summed E-state index contributed by atoms with van der Waals surface area (Å²) in [6.45, 7) is 2.12. The van der Waals surface area contributed by atoms with Crippen LogP contribution in [0.3, 0.4) is 0 Å². The van der Waals surface area contributed by atoms with Gasteiger partial charge in [-0.15, -0.1) is 0 Å². The zero-order valence-electron chi connectivity index (χ0n) is 11.6. The van der Waals surface area contributed by atoms with Gasteiger partial charge in [0, 0.05) is 6.04 Å². The molecule has 0 amide bonds. The van der Waals surface area contributed by atoms with Gasteiger partial charge in [0.1, 0.15) is 5.75 Å². The number of methoxy groups -OCH3 is 1. The molecule has 0 aliphatic heterocycles. The monoisotopic (exact) mass is 247 g/mol. The lowest BCUT2D eigenvalue weighted by Crippen LogP contribution is -2.13. The average molecular weight is 247 g/mol. The fraction of sp³-hybridized carbons (Fsp3) is 0.625. The molecule has 1 aromatic rings. The molecule has 0 heterocycles. The number of aryl methyl sites for hydroxylation is 1. The summed E-state index contributed by atoms with van der Waals surface area (Å²) >= 11 is 0. The Balaban J connectivity index is 1.93. The van der Waals surface area contributed by atoms with Crippen LogP contribution in [-0.4, -0.2) is 7.11 Å². The molecule has 0 saturated heterocycles. The SMILES string of the molecule is COc1ccc(C(N)CCC2CCCC2)c(C)c1. The predicted octanol–water partition coefficient (Wildman–Crippen LogP) is 3.97. The van der Waals surface area contributed by atoms with Crippen LogP contribution in [0.25, 0.3) is 0 Å². The third-order valence-corrected chi connectivity index (χ3v) is 4.24. The second kappa shape index (κ2) is 6.24. The molecule has 0 radical (unpaired) electrons.